The Hall–Kier alpha value is -0.830. The SMILES string of the molecule is CC[C@H](C)n1ccc(COCC(C)C)n1. The maximum atomic E-state index is 5.53. The van der Waals surface area contributed by atoms with E-state index in [2.05, 4.69) is 32.8 Å². The number of hydrogen-bond donors (Lipinski definition) is 0. The van der Waals surface area contributed by atoms with E-state index in [1.54, 1.807) is 0 Å². The van der Waals surface area contributed by atoms with Crippen molar-refractivity contribution in [3.8, 4) is 0 Å². The first-order valence-electron chi connectivity index (χ1n) is 5.75. The first kappa shape index (κ1) is 12.2. The normalized spacial score (nSPS) is 13.4. The first-order valence-corrected chi connectivity index (χ1v) is 5.75. The van der Waals surface area contributed by atoms with Gasteiger partial charge in [0.1, 0.15) is 0 Å². The molecule has 0 N–H and O–H groups in total. The van der Waals surface area contributed by atoms with Gasteiger partial charge in [-0.2, -0.15) is 5.10 Å². The minimum atomic E-state index is 0.476. The largest absolute Gasteiger partial charge is 0.375 e. The van der Waals surface area contributed by atoms with Crippen LogP contribution in [0.5, 0.6) is 0 Å². The molecule has 0 aliphatic heterocycles. The molecule has 1 atom stereocenters. The van der Waals surface area contributed by atoms with Crippen LogP contribution in [0.4, 0.5) is 0 Å². The van der Waals surface area contributed by atoms with E-state index in [-0.39, 0.29) is 0 Å². The molecular formula is C12H22N2O. The third kappa shape index (κ3) is 4.04. The molecule has 0 saturated heterocycles. The summed E-state index contributed by atoms with van der Waals surface area (Å²) in [5.74, 6) is 0.585. The van der Waals surface area contributed by atoms with Gasteiger partial charge in [0.25, 0.3) is 0 Å². The van der Waals surface area contributed by atoms with Crippen LogP contribution in [0.25, 0.3) is 0 Å². The summed E-state index contributed by atoms with van der Waals surface area (Å²) < 4.78 is 7.54. The van der Waals surface area contributed by atoms with Gasteiger partial charge >= 0.3 is 0 Å². The quantitative estimate of drug-likeness (QED) is 0.721. The predicted molar refractivity (Wildman–Crippen MR) is 61.7 cm³/mol. The summed E-state index contributed by atoms with van der Waals surface area (Å²) in [5.41, 5.74) is 1.02. The summed E-state index contributed by atoms with van der Waals surface area (Å²) in [6.45, 7) is 10.1. The second kappa shape index (κ2) is 5.91. The van der Waals surface area contributed by atoms with Crippen molar-refractivity contribution in [1.29, 1.82) is 0 Å². The van der Waals surface area contributed by atoms with Crippen molar-refractivity contribution in [3.63, 3.8) is 0 Å². The highest BCUT2D eigenvalue weighted by Gasteiger charge is 2.04. The van der Waals surface area contributed by atoms with Gasteiger partial charge in [-0.1, -0.05) is 20.8 Å². The molecule has 1 aromatic heterocycles. The molecule has 0 saturated carbocycles. The molecule has 0 aliphatic carbocycles. The summed E-state index contributed by atoms with van der Waals surface area (Å²) >= 11 is 0. The highest BCUT2D eigenvalue weighted by molar-refractivity contribution is 4.97. The van der Waals surface area contributed by atoms with Gasteiger partial charge in [0.2, 0.25) is 0 Å². The molecule has 0 radical (unpaired) electrons. The van der Waals surface area contributed by atoms with E-state index in [9.17, 15) is 0 Å². The van der Waals surface area contributed by atoms with Crippen LogP contribution in [-0.4, -0.2) is 16.4 Å². The van der Waals surface area contributed by atoms with Gasteiger partial charge in [-0.25, -0.2) is 0 Å². The zero-order valence-corrected chi connectivity index (χ0v) is 10.2. The van der Waals surface area contributed by atoms with Gasteiger partial charge in [-0.3, -0.25) is 4.68 Å². The van der Waals surface area contributed by atoms with Crippen molar-refractivity contribution in [2.24, 2.45) is 5.92 Å². The maximum absolute atomic E-state index is 5.53. The first-order chi connectivity index (χ1) is 7.13. The molecule has 1 rings (SSSR count). The van der Waals surface area contributed by atoms with Crippen LogP contribution in [0.2, 0.25) is 0 Å². The molecule has 0 amide bonds. The molecule has 3 heteroatoms. The summed E-state index contributed by atoms with van der Waals surface area (Å²) in [6.07, 6.45) is 3.14. The molecular weight excluding hydrogens is 188 g/mol. The van der Waals surface area contributed by atoms with E-state index in [4.69, 9.17) is 4.74 Å². The number of hydrogen-bond acceptors (Lipinski definition) is 2. The smallest absolute Gasteiger partial charge is 0.0906 e. The van der Waals surface area contributed by atoms with Crippen LogP contribution in [0, 0.1) is 5.92 Å². The Labute approximate surface area is 92.4 Å². The topological polar surface area (TPSA) is 27.1 Å². The van der Waals surface area contributed by atoms with Crippen LogP contribution in [0.1, 0.15) is 45.9 Å². The Morgan fingerprint density at radius 3 is 2.73 bits per heavy atom. The van der Waals surface area contributed by atoms with Crippen LogP contribution in [0.15, 0.2) is 12.3 Å². The highest BCUT2D eigenvalue weighted by atomic mass is 16.5. The molecule has 3 nitrogen and oxygen atoms in total. The van der Waals surface area contributed by atoms with Crippen molar-refractivity contribution < 1.29 is 4.74 Å². The Kier molecular flexibility index (Phi) is 4.82. The van der Waals surface area contributed by atoms with E-state index in [1.165, 1.54) is 0 Å². The Morgan fingerprint density at radius 1 is 1.40 bits per heavy atom. The van der Waals surface area contributed by atoms with Gasteiger partial charge in [-0.15, -0.1) is 0 Å². The number of aromatic nitrogens is 2. The molecule has 1 aromatic rings. The molecule has 0 bridgehead atoms. The van der Waals surface area contributed by atoms with E-state index >= 15 is 0 Å². The average molecular weight is 210 g/mol. The standard InChI is InChI=1S/C12H22N2O/c1-5-11(4)14-7-6-12(13-14)9-15-8-10(2)3/h6-7,10-11H,5,8-9H2,1-4H3/t11-/m0/s1. The summed E-state index contributed by atoms with van der Waals surface area (Å²) in [4.78, 5) is 0. The lowest BCUT2D eigenvalue weighted by Crippen LogP contribution is -2.06. The van der Waals surface area contributed by atoms with Crippen molar-refractivity contribution in [3.05, 3.63) is 18.0 Å². The second-order valence-corrected chi connectivity index (χ2v) is 4.45. The lowest BCUT2D eigenvalue weighted by atomic mass is 10.2. The lowest BCUT2D eigenvalue weighted by Gasteiger charge is -2.08. The predicted octanol–water partition coefficient (Wildman–Crippen LogP) is 3.03. The van der Waals surface area contributed by atoms with E-state index < -0.39 is 0 Å². The van der Waals surface area contributed by atoms with Crippen LogP contribution < -0.4 is 0 Å². The maximum Gasteiger partial charge on any atom is 0.0906 e. The average Bonchev–Trinajstić information content (AvgIpc) is 2.65. The number of nitrogens with zero attached hydrogens (tertiary/aromatic N) is 2. The third-order valence-corrected chi connectivity index (χ3v) is 2.41. The summed E-state index contributed by atoms with van der Waals surface area (Å²) in [6, 6.07) is 2.51. The van der Waals surface area contributed by atoms with Crippen molar-refractivity contribution in [2.45, 2.75) is 46.8 Å². The van der Waals surface area contributed by atoms with Crippen LogP contribution in [-0.2, 0) is 11.3 Å². The van der Waals surface area contributed by atoms with Crippen LogP contribution >= 0.6 is 0 Å². The second-order valence-electron chi connectivity index (χ2n) is 4.45. The van der Waals surface area contributed by atoms with Crippen molar-refractivity contribution in [1.82, 2.24) is 9.78 Å². The molecule has 0 aromatic carbocycles. The fourth-order valence-corrected chi connectivity index (χ4v) is 1.29. The van der Waals surface area contributed by atoms with Gasteiger partial charge in [0.05, 0.1) is 12.3 Å². The molecule has 0 fully saturated rings. The monoisotopic (exact) mass is 210 g/mol. The van der Waals surface area contributed by atoms with Gasteiger partial charge in [0.15, 0.2) is 0 Å². The number of rotatable bonds is 6. The summed E-state index contributed by atoms with van der Waals surface area (Å²) in [5, 5.41) is 4.47. The zero-order chi connectivity index (χ0) is 11.3. The minimum absolute atomic E-state index is 0.476. The molecule has 0 spiro atoms. The summed E-state index contributed by atoms with van der Waals surface area (Å²) in [7, 11) is 0. The van der Waals surface area contributed by atoms with Gasteiger partial charge in [0, 0.05) is 18.8 Å². The van der Waals surface area contributed by atoms with Crippen LogP contribution in [0.3, 0.4) is 0 Å². The minimum Gasteiger partial charge on any atom is -0.375 e. The fourth-order valence-electron chi connectivity index (χ4n) is 1.29. The lowest BCUT2D eigenvalue weighted by molar-refractivity contribution is 0.0942. The molecule has 0 unspecified atom stereocenters. The van der Waals surface area contributed by atoms with E-state index in [1.807, 2.05) is 16.9 Å². The Morgan fingerprint density at radius 2 is 2.13 bits per heavy atom. The van der Waals surface area contributed by atoms with Gasteiger partial charge in [-0.05, 0) is 25.3 Å². The van der Waals surface area contributed by atoms with Crippen molar-refractivity contribution >= 4 is 0 Å². The third-order valence-electron chi connectivity index (χ3n) is 2.41. The molecule has 1 heterocycles. The zero-order valence-electron chi connectivity index (χ0n) is 10.2. The van der Waals surface area contributed by atoms with E-state index in [0.29, 0.717) is 18.6 Å². The number of ether oxygens (including phenoxy) is 1. The molecule has 15 heavy (non-hydrogen) atoms. The van der Waals surface area contributed by atoms with Crippen molar-refractivity contribution in [2.75, 3.05) is 6.61 Å². The highest BCUT2D eigenvalue weighted by Crippen LogP contribution is 2.09. The van der Waals surface area contributed by atoms with Gasteiger partial charge < -0.3 is 4.74 Å². The Bertz CT molecular complexity index is 281. The molecule has 0 aliphatic rings. The fraction of sp³-hybridized carbons (Fsp3) is 0.750. The molecule has 86 valence electrons. The van der Waals surface area contributed by atoms with E-state index in [0.717, 1.165) is 18.7 Å². The Balaban J connectivity index is 2.39.